The van der Waals surface area contributed by atoms with Crippen LogP contribution in [0.15, 0.2) is 71.3 Å². The second-order valence-electron chi connectivity index (χ2n) is 8.14. The number of carbonyl (C=O) groups is 1. The maximum atomic E-state index is 13.7. The van der Waals surface area contributed by atoms with Crippen LogP contribution in [-0.2, 0) is 19.0 Å². The molecule has 0 saturated carbocycles. The number of rotatable bonds is 14. The molecular formula is C26H31N5O6. The molecule has 1 aliphatic rings. The number of methoxy groups -OCH3 is 2. The summed E-state index contributed by atoms with van der Waals surface area (Å²) in [6.45, 7) is 4.36. The molecule has 0 bridgehead atoms. The van der Waals surface area contributed by atoms with Crippen LogP contribution in [0.4, 0.5) is 5.69 Å². The number of azide groups is 1. The number of nitrogens with one attached hydrogen (secondary N) is 1. The second kappa shape index (κ2) is 13.4. The van der Waals surface area contributed by atoms with Gasteiger partial charge < -0.3 is 29.4 Å². The quantitative estimate of drug-likeness (QED) is 0.0984. The molecule has 0 saturated heterocycles. The van der Waals surface area contributed by atoms with Gasteiger partial charge in [-0.1, -0.05) is 35.5 Å². The van der Waals surface area contributed by atoms with Crippen LogP contribution in [0.5, 0.6) is 5.75 Å². The number of carbonyl (C=O) groups excluding carboxylic acids is 1. The Hall–Kier alpha value is -3.89. The van der Waals surface area contributed by atoms with Gasteiger partial charge in [-0.15, -0.1) is 6.58 Å². The number of aliphatic hydroxyl groups is 1. The monoisotopic (exact) mass is 509 g/mol. The predicted octanol–water partition coefficient (Wildman–Crippen LogP) is 3.96. The number of hydrogen-bond acceptors (Lipinski definition) is 8. The molecule has 37 heavy (non-hydrogen) atoms. The number of nitrogens with zero attached hydrogens (tertiary/aromatic N) is 4. The summed E-state index contributed by atoms with van der Waals surface area (Å²) in [5.74, 6) is 0.446. The third kappa shape index (κ3) is 6.46. The lowest BCUT2D eigenvalue weighted by Gasteiger charge is -2.30. The predicted molar refractivity (Wildman–Crippen MR) is 138 cm³/mol. The fourth-order valence-electron chi connectivity index (χ4n) is 3.95. The molecule has 0 aromatic heterocycles. The minimum absolute atomic E-state index is 0.0460. The Balaban J connectivity index is 2.03. The van der Waals surface area contributed by atoms with Crippen LogP contribution >= 0.6 is 0 Å². The highest BCUT2D eigenvalue weighted by molar-refractivity contribution is 6.01. The van der Waals surface area contributed by atoms with Crippen molar-refractivity contribution in [2.24, 2.45) is 10.1 Å². The minimum Gasteiger partial charge on any atom is -0.494 e. The van der Waals surface area contributed by atoms with Crippen molar-refractivity contribution < 1.29 is 28.8 Å². The Bertz CT molecular complexity index is 1140. The fourth-order valence-corrected chi connectivity index (χ4v) is 3.95. The Labute approximate surface area is 215 Å². The van der Waals surface area contributed by atoms with E-state index in [1.165, 1.54) is 14.2 Å². The van der Waals surface area contributed by atoms with E-state index in [4.69, 9.17) is 34.6 Å². The summed E-state index contributed by atoms with van der Waals surface area (Å²) in [4.78, 5) is 21.4. The highest BCUT2D eigenvalue weighted by Gasteiger charge is 2.53. The minimum atomic E-state index is -1.44. The zero-order chi connectivity index (χ0) is 26.7. The molecule has 2 atom stereocenters. The van der Waals surface area contributed by atoms with Gasteiger partial charge in [-0.25, -0.2) is 4.99 Å². The summed E-state index contributed by atoms with van der Waals surface area (Å²) >= 11 is 0. The highest BCUT2D eigenvalue weighted by Crippen LogP contribution is 2.45. The molecule has 11 heteroatoms. The van der Waals surface area contributed by atoms with Crippen molar-refractivity contribution in [2.45, 2.75) is 30.8 Å². The van der Waals surface area contributed by atoms with Crippen molar-refractivity contribution in [1.82, 2.24) is 5.32 Å². The Morgan fingerprint density at radius 2 is 2.03 bits per heavy atom. The van der Waals surface area contributed by atoms with E-state index in [9.17, 15) is 4.79 Å². The molecule has 0 unspecified atom stereocenters. The first-order valence-corrected chi connectivity index (χ1v) is 11.7. The standard InChI is InChI=1S/C26H31N5O6/c1-4-14-26(25(33)28-17-22(34-2)35-3)23(20-8-5-6-9-21(20)30-31-27)37-24(29-26)18-10-12-19(13-11-18)36-16-7-15-32/h4-6,8-13,22-23,32H,1,7,14-17H2,2-3H3,(H,28,33)/t23-,26-/m1/s1. The third-order valence-electron chi connectivity index (χ3n) is 5.81. The first-order valence-electron chi connectivity index (χ1n) is 11.7. The molecule has 2 aromatic rings. The molecule has 1 heterocycles. The largest absolute Gasteiger partial charge is 0.494 e. The topological polar surface area (TPSA) is 147 Å². The average molecular weight is 510 g/mol. The number of aliphatic hydroxyl groups excluding tert-OH is 1. The summed E-state index contributed by atoms with van der Waals surface area (Å²) in [7, 11) is 2.95. The summed E-state index contributed by atoms with van der Waals surface area (Å²) in [6.07, 6.45) is 0.704. The zero-order valence-electron chi connectivity index (χ0n) is 20.9. The number of aliphatic imine (C=N–C) groups is 1. The van der Waals surface area contributed by atoms with Crippen LogP contribution in [0.3, 0.4) is 0 Å². The summed E-state index contributed by atoms with van der Waals surface area (Å²) < 4.78 is 22.3. The molecule has 0 aliphatic carbocycles. The first-order chi connectivity index (χ1) is 18.0. The molecular weight excluding hydrogens is 478 g/mol. The fraction of sp³-hybridized carbons (Fsp3) is 0.385. The lowest BCUT2D eigenvalue weighted by Crippen LogP contribution is -2.50. The maximum Gasteiger partial charge on any atom is 0.252 e. The van der Waals surface area contributed by atoms with Crippen LogP contribution < -0.4 is 10.1 Å². The Morgan fingerprint density at radius 1 is 1.30 bits per heavy atom. The van der Waals surface area contributed by atoms with Gasteiger partial charge in [-0.2, -0.15) is 0 Å². The first kappa shape index (κ1) is 27.7. The second-order valence-corrected chi connectivity index (χ2v) is 8.14. The van der Waals surface area contributed by atoms with Gasteiger partial charge in [0.25, 0.3) is 5.91 Å². The van der Waals surface area contributed by atoms with Crippen LogP contribution in [0, 0.1) is 0 Å². The van der Waals surface area contributed by atoms with E-state index < -0.39 is 23.8 Å². The van der Waals surface area contributed by atoms with E-state index >= 15 is 0 Å². The maximum absolute atomic E-state index is 13.7. The van der Waals surface area contributed by atoms with Gasteiger partial charge in [0.15, 0.2) is 17.9 Å². The molecule has 2 aromatic carbocycles. The highest BCUT2D eigenvalue weighted by atomic mass is 16.7. The van der Waals surface area contributed by atoms with Gasteiger partial charge in [0.05, 0.1) is 13.2 Å². The molecule has 0 fully saturated rings. The zero-order valence-corrected chi connectivity index (χ0v) is 20.9. The summed E-state index contributed by atoms with van der Waals surface area (Å²) in [6, 6.07) is 14.0. The van der Waals surface area contributed by atoms with E-state index in [1.54, 1.807) is 54.6 Å². The average Bonchev–Trinajstić information content (AvgIpc) is 3.31. The number of ether oxygens (including phenoxy) is 4. The lowest BCUT2D eigenvalue weighted by molar-refractivity contribution is -0.134. The number of hydrogen-bond donors (Lipinski definition) is 2. The molecule has 2 N–H and O–H groups in total. The molecule has 0 spiro atoms. The van der Waals surface area contributed by atoms with E-state index in [2.05, 4.69) is 21.9 Å². The van der Waals surface area contributed by atoms with E-state index in [-0.39, 0.29) is 25.5 Å². The van der Waals surface area contributed by atoms with Gasteiger partial charge in [0, 0.05) is 55.4 Å². The van der Waals surface area contributed by atoms with Crippen molar-refractivity contribution in [3.8, 4) is 5.75 Å². The molecule has 1 aliphatic heterocycles. The Morgan fingerprint density at radius 3 is 2.68 bits per heavy atom. The Kier molecular flexibility index (Phi) is 10.0. The van der Waals surface area contributed by atoms with Crippen molar-refractivity contribution in [3.05, 3.63) is 82.8 Å². The van der Waals surface area contributed by atoms with Crippen molar-refractivity contribution in [2.75, 3.05) is 34.0 Å². The van der Waals surface area contributed by atoms with Crippen LogP contribution in [0.25, 0.3) is 10.4 Å². The van der Waals surface area contributed by atoms with Crippen LogP contribution in [0.2, 0.25) is 0 Å². The van der Waals surface area contributed by atoms with E-state index in [0.29, 0.717) is 35.6 Å². The molecule has 0 radical (unpaired) electrons. The molecule has 3 rings (SSSR count). The van der Waals surface area contributed by atoms with Gasteiger partial charge >= 0.3 is 0 Å². The smallest absolute Gasteiger partial charge is 0.252 e. The van der Waals surface area contributed by atoms with Gasteiger partial charge in [-0.05, 0) is 29.8 Å². The van der Waals surface area contributed by atoms with Crippen LogP contribution in [0.1, 0.15) is 30.1 Å². The van der Waals surface area contributed by atoms with E-state index in [0.717, 1.165) is 0 Å². The van der Waals surface area contributed by atoms with Crippen molar-refractivity contribution in [3.63, 3.8) is 0 Å². The lowest BCUT2D eigenvalue weighted by atomic mass is 9.84. The molecule has 1 amide bonds. The van der Waals surface area contributed by atoms with Gasteiger partial charge in [0.2, 0.25) is 5.90 Å². The third-order valence-corrected chi connectivity index (χ3v) is 5.81. The van der Waals surface area contributed by atoms with E-state index in [1.807, 2.05) is 0 Å². The van der Waals surface area contributed by atoms with Crippen molar-refractivity contribution >= 4 is 17.5 Å². The van der Waals surface area contributed by atoms with Crippen molar-refractivity contribution in [1.29, 1.82) is 0 Å². The van der Waals surface area contributed by atoms with Gasteiger partial charge in [-0.3, -0.25) is 4.79 Å². The SMILES string of the molecule is C=CC[C@@]1(C(=O)NCC(OC)OC)N=C(c2ccc(OCCCO)cc2)O[C@@H]1c1ccccc1N=[N+]=[N-]. The summed E-state index contributed by atoms with van der Waals surface area (Å²) in [5.41, 5.74) is 9.12. The van der Waals surface area contributed by atoms with Gasteiger partial charge in [0.1, 0.15) is 5.75 Å². The number of amides is 1. The summed E-state index contributed by atoms with van der Waals surface area (Å²) in [5, 5.41) is 15.6. The molecule has 196 valence electrons. The normalized spacial score (nSPS) is 18.5. The number of benzene rings is 2. The molecule has 11 nitrogen and oxygen atoms in total. The van der Waals surface area contributed by atoms with Crippen LogP contribution in [-0.4, -0.2) is 62.7 Å².